The highest BCUT2D eigenvalue weighted by Gasteiger charge is 2.30. The molecule has 0 atom stereocenters. The van der Waals surface area contributed by atoms with E-state index in [-0.39, 0.29) is 28.5 Å². The molecule has 0 bridgehead atoms. The summed E-state index contributed by atoms with van der Waals surface area (Å²) >= 11 is 0. The van der Waals surface area contributed by atoms with Crippen molar-refractivity contribution in [2.45, 2.75) is 77.7 Å². The van der Waals surface area contributed by atoms with Crippen LogP contribution in [0.5, 0.6) is 17.4 Å². The molecule has 7 nitrogen and oxygen atoms in total. The zero-order valence-electron chi connectivity index (χ0n) is 24.5. The topological polar surface area (TPSA) is 87.6 Å². The summed E-state index contributed by atoms with van der Waals surface area (Å²) in [6.45, 7) is 14.2. The smallest absolute Gasteiger partial charge is 0.341 e. The van der Waals surface area contributed by atoms with E-state index in [9.17, 15) is 8.42 Å². The number of nitrogens with zero attached hydrogens (tertiary/aromatic N) is 2. The molecule has 1 heterocycles. The molecule has 0 N–H and O–H groups in total. The molecule has 0 aliphatic heterocycles. The van der Waals surface area contributed by atoms with Gasteiger partial charge in [0.25, 0.3) is 0 Å². The van der Waals surface area contributed by atoms with Crippen LogP contribution in [0.25, 0.3) is 10.9 Å². The number of hydrogen-bond acceptors (Lipinski definition) is 7. The van der Waals surface area contributed by atoms with Crippen molar-refractivity contribution in [1.82, 2.24) is 9.97 Å². The summed E-state index contributed by atoms with van der Waals surface area (Å²) in [5.74, 6) is 1.43. The summed E-state index contributed by atoms with van der Waals surface area (Å²) in [6, 6.07) is 17.1. The fourth-order valence-electron chi connectivity index (χ4n) is 4.61. The zero-order chi connectivity index (χ0) is 29.2. The standard InChI is InChI=1S/C32H38N2O5S/c1-19(2)24-14-25(20(3)4)31(26(15-24)21(5)6)40(35,36)39-32-27-16-29(37-8)30(17-28(27)33-22(7)34-32)38-18-23-12-10-9-11-13-23/h9-17,19-21H,18H2,1-8H3. The van der Waals surface area contributed by atoms with Crippen molar-refractivity contribution in [1.29, 1.82) is 0 Å². The maximum atomic E-state index is 14.0. The minimum Gasteiger partial charge on any atom is -0.493 e. The lowest BCUT2D eigenvalue weighted by Gasteiger charge is -2.22. The Bertz CT molecular complexity index is 1580. The van der Waals surface area contributed by atoms with Gasteiger partial charge in [-0.05, 0) is 53.0 Å². The molecule has 4 aromatic rings. The van der Waals surface area contributed by atoms with E-state index in [0.29, 0.717) is 34.8 Å². The van der Waals surface area contributed by atoms with Crippen LogP contribution in [-0.4, -0.2) is 25.5 Å². The van der Waals surface area contributed by atoms with Crippen molar-refractivity contribution >= 4 is 21.0 Å². The molecule has 40 heavy (non-hydrogen) atoms. The molecule has 0 radical (unpaired) electrons. The summed E-state index contributed by atoms with van der Waals surface area (Å²) in [6.07, 6.45) is 0. The summed E-state index contributed by atoms with van der Waals surface area (Å²) in [4.78, 5) is 9.14. The summed E-state index contributed by atoms with van der Waals surface area (Å²) in [5, 5.41) is 0.411. The average molecular weight is 563 g/mol. The maximum Gasteiger partial charge on any atom is 0.341 e. The molecule has 0 fully saturated rings. The summed E-state index contributed by atoms with van der Waals surface area (Å²) in [5.41, 5.74) is 4.06. The van der Waals surface area contributed by atoms with Gasteiger partial charge in [-0.2, -0.15) is 13.4 Å². The molecule has 8 heteroatoms. The largest absolute Gasteiger partial charge is 0.493 e. The predicted molar refractivity (Wildman–Crippen MR) is 158 cm³/mol. The van der Waals surface area contributed by atoms with Crippen LogP contribution in [-0.2, 0) is 16.7 Å². The molecule has 0 aliphatic carbocycles. The zero-order valence-corrected chi connectivity index (χ0v) is 25.3. The van der Waals surface area contributed by atoms with Gasteiger partial charge < -0.3 is 13.7 Å². The Morgan fingerprint density at radius 3 is 1.98 bits per heavy atom. The van der Waals surface area contributed by atoms with Crippen molar-refractivity contribution in [2.75, 3.05) is 7.11 Å². The van der Waals surface area contributed by atoms with Crippen LogP contribution in [0.2, 0.25) is 0 Å². The van der Waals surface area contributed by atoms with Gasteiger partial charge in [0.15, 0.2) is 11.5 Å². The van der Waals surface area contributed by atoms with Crippen LogP contribution in [0.4, 0.5) is 0 Å². The molecule has 0 saturated carbocycles. The van der Waals surface area contributed by atoms with Gasteiger partial charge in [0.2, 0.25) is 5.88 Å². The molecular weight excluding hydrogens is 524 g/mol. The molecule has 0 aliphatic rings. The molecule has 0 spiro atoms. The number of rotatable bonds is 10. The lowest BCUT2D eigenvalue weighted by atomic mass is 9.89. The van der Waals surface area contributed by atoms with Crippen LogP contribution in [0.15, 0.2) is 59.5 Å². The highest BCUT2D eigenvalue weighted by atomic mass is 32.2. The first-order chi connectivity index (χ1) is 18.9. The second-order valence-corrected chi connectivity index (χ2v) is 12.4. The SMILES string of the molecule is COc1cc2c(OS(=O)(=O)c3c(C(C)C)cc(C(C)C)cc3C(C)C)nc(C)nc2cc1OCc1ccccc1. The number of benzene rings is 3. The Labute approximate surface area is 237 Å². The molecule has 0 saturated heterocycles. The van der Waals surface area contributed by atoms with E-state index < -0.39 is 10.1 Å². The predicted octanol–water partition coefficient (Wildman–Crippen LogP) is 7.66. The first-order valence-corrected chi connectivity index (χ1v) is 15.0. The second kappa shape index (κ2) is 11.8. The van der Waals surface area contributed by atoms with Crippen LogP contribution in [0.3, 0.4) is 0 Å². The Morgan fingerprint density at radius 1 is 0.800 bits per heavy atom. The van der Waals surface area contributed by atoms with Gasteiger partial charge in [0.05, 0.1) is 18.0 Å². The first kappa shape index (κ1) is 29.3. The van der Waals surface area contributed by atoms with Gasteiger partial charge >= 0.3 is 10.1 Å². The van der Waals surface area contributed by atoms with E-state index in [1.807, 2.05) is 70.2 Å². The van der Waals surface area contributed by atoms with E-state index in [0.717, 1.165) is 22.3 Å². The second-order valence-electron chi connectivity index (χ2n) is 10.9. The van der Waals surface area contributed by atoms with Crippen LogP contribution < -0.4 is 13.7 Å². The van der Waals surface area contributed by atoms with Gasteiger partial charge in [-0.1, -0.05) is 84.0 Å². The molecule has 0 amide bonds. The first-order valence-electron chi connectivity index (χ1n) is 13.6. The molecule has 1 aromatic heterocycles. The van der Waals surface area contributed by atoms with E-state index in [1.165, 1.54) is 7.11 Å². The number of aromatic nitrogens is 2. The van der Waals surface area contributed by atoms with Crippen molar-refractivity contribution in [3.63, 3.8) is 0 Å². The summed E-state index contributed by atoms with van der Waals surface area (Å²) < 4.78 is 45.6. The monoisotopic (exact) mass is 562 g/mol. The number of methoxy groups -OCH3 is 1. The number of fused-ring (bicyclic) bond motifs is 1. The lowest BCUT2D eigenvalue weighted by Crippen LogP contribution is -2.18. The average Bonchev–Trinajstić information content (AvgIpc) is 2.90. The third-order valence-corrected chi connectivity index (χ3v) is 8.16. The Hall–Kier alpha value is -3.65. The van der Waals surface area contributed by atoms with Crippen LogP contribution in [0.1, 0.15) is 87.4 Å². The van der Waals surface area contributed by atoms with Crippen molar-refractivity contribution < 1.29 is 22.1 Å². The highest BCUT2D eigenvalue weighted by molar-refractivity contribution is 7.87. The number of ether oxygens (including phenoxy) is 2. The van der Waals surface area contributed by atoms with Gasteiger partial charge in [-0.3, -0.25) is 0 Å². The highest BCUT2D eigenvalue weighted by Crippen LogP contribution is 2.39. The molecule has 212 valence electrons. The quantitative estimate of drug-likeness (QED) is 0.183. The van der Waals surface area contributed by atoms with Crippen LogP contribution >= 0.6 is 0 Å². The van der Waals surface area contributed by atoms with Gasteiger partial charge in [-0.15, -0.1) is 0 Å². The Morgan fingerprint density at radius 2 is 1.43 bits per heavy atom. The van der Waals surface area contributed by atoms with E-state index >= 15 is 0 Å². The fourth-order valence-corrected chi connectivity index (χ4v) is 6.20. The van der Waals surface area contributed by atoms with Crippen molar-refractivity contribution in [3.05, 3.63) is 82.7 Å². The van der Waals surface area contributed by atoms with Gasteiger partial charge in [0.1, 0.15) is 17.3 Å². The molecule has 4 rings (SSSR count). The lowest BCUT2D eigenvalue weighted by molar-refractivity contribution is 0.285. The van der Waals surface area contributed by atoms with E-state index in [1.54, 1.807) is 19.1 Å². The minimum absolute atomic E-state index is 0.0297. The number of hydrogen-bond donors (Lipinski definition) is 0. The third kappa shape index (κ3) is 6.22. The maximum absolute atomic E-state index is 14.0. The third-order valence-electron chi connectivity index (χ3n) is 6.81. The minimum atomic E-state index is -4.25. The Balaban J connectivity index is 1.82. The van der Waals surface area contributed by atoms with Crippen LogP contribution in [0, 0.1) is 6.92 Å². The Kier molecular flexibility index (Phi) is 8.68. The van der Waals surface area contributed by atoms with E-state index in [4.69, 9.17) is 13.7 Å². The van der Waals surface area contributed by atoms with Crippen molar-refractivity contribution in [3.8, 4) is 17.4 Å². The molecule has 0 unspecified atom stereocenters. The molecular formula is C32H38N2O5S. The van der Waals surface area contributed by atoms with E-state index in [2.05, 4.69) is 23.8 Å². The van der Waals surface area contributed by atoms with Gasteiger partial charge in [-0.25, -0.2) is 4.98 Å². The summed E-state index contributed by atoms with van der Waals surface area (Å²) in [7, 11) is -2.72. The fraction of sp³-hybridized carbons (Fsp3) is 0.375. The normalized spacial score (nSPS) is 12.0. The molecule has 3 aromatic carbocycles. The van der Waals surface area contributed by atoms with Gasteiger partial charge in [0, 0.05) is 6.07 Å². The van der Waals surface area contributed by atoms with Crippen molar-refractivity contribution in [2.24, 2.45) is 0 Å². The number of aryl methyl sites for hydroxylation is 1.